The number of benzene rings is 1. The maximum atomic E-state index is 13.7. The Kier molecular flexibility index (Phi) is 4.53. The van der Waals surface area contributed by atoms with Crippen molar-refractivity contribution < 1.29 is 17.4 Å². The second-order valence-corrected chi connectivity index (χ2v) is 9.22. The van der Waals surface area contributed by atoms with Gasteiger partial charge >= 0.3 is 6.18 Å². The van der Waals surface area contributed by atoms with Crippen molar-refractivity contribution in [3.8, 4) is 10.6 Å². The molecule has 138 valence electrons. The van der Waals surface area contributed by atoms with E-state index in [4.69, 9.17) is 5.73 Å². The molecule has 3 nitrogen and oxygen atoms in total. The zero-order chi connectivity index (χ0) is 19.2. The highest BCUT2D eigenvalue weighted by molar-refractivity contribution is 7.87. The van der Waals surface area contributed by atoms with Gasteiger partial charge in [0, 0.05) is 10.3 Å². The fourth-order valence-electron chi connectivity index (χ4n) is 2.66. The maximum absolute atomic E-state index is 13.7. The van der Waals surface area contributed by atoms with Crippen LogP contribution in [0.4, 0.5) is 18.9 Å². The number of thiophene rings is 2. The van der Waals surface area contributed by atoms with Crippen molar-refractivity contribution in [2.24, 2.45) is 0 Å². The lowest BCUT2D eigenvalue weighted by atomic mass is 10.1. The molecule has 1 aromatic carbocycles. The lowest BCUT2D eigenvalue weighted by molar-refractivity contribution is -0.136. The molecule has 0 bridgehead atoms. The smallest absolute Gasteiger partial charge is 0.396 e. The van der Waals surface area contributed by atoms with Gasteiger partial charge < -0.3 is 5.73 Å². The molecule has 0 radical (unpaired) electrons. The molecule has 0 aliphatic heterocycles. The van der Waals surface area contributed by atoms with E-state index in [-0.39, 0.29) is 25.8 Å². The molecule has 0 unspecified atom stereocenters. The molecule has 0 fully saturated rings. The molecule has 4 rings (SSSR count). The fraction of sp³-hybridized carbons (Fsp3) is 0.0556. The molecule has 0 saturated heterocycles. The number of alkyl halides is 3. The first-order valence-corrected chi connectivity index (χ1v) is 10.5. The van der Waals surface area contributed by atoms with Crippen LogP contribution in [0.5, 0.6) is 0 Å². The average molecular weight is 424 g/mol. The van der Waals surface area contributed by atoms with Gasteiger partial charge in [0.15, 0.2) is 0 Å². The van der Waals surface area contributed by atoms with Gasteiger partial charge in [-0.2, -0.15) is 13.2 Å². The van der Waals surface area contributed by atoms with E-state index in [0.29, 0.717) is 9.77 Å². The molecule has 0 spiro atoms. The van der Waals surface area contributed by atoms with Crippen molar-refractivity contribution in [2.45, 2.75) is 15.3 Å². The number of halogens is 3. The van der Waals surface area contributed by atoms with Gasteiger partial charge in [-0.1, -0.05) is 24.3 Å². The van der Waals surface area contributed by atoms with Crippen molar-refractivity contribution in [1.82, 2.24) is 4.98 Å². The van der Waals surface area contributed by atoms with Crippen molar-refractivity contribution in [3.05, 3.63) is 59.5 Å². The van der Waals surface area contributed by atoms with Crippen LogP contribution in [0.1, 0.15) is 5.56 Å². The number of nitrogen functional groups attached to an aromatic ring is 1. The summed E-state index contributed by atoms with van der Waals surface area (Å²) in [5, 5.41) is 1.58. The van der Waals surface area contributed by atoms with Crippen LogP contribution in [0.25, 0.3) is 20.8 Å². The minimum atomic E-state index is -4.60. The highest BCUT2D eigenvalue weighted by atomic mass is 32.2. The Balaban J connectivity index is 1.97. The summed E-state index contributed by atoms with van der Waals surface area (Å²) in [5.41, 5.74) is 5.26. The van der Waals surface area contributed by atoms with Crippen LogP contribution in [0.2, 0.25) is 0 Å². The van der Waals surface area contributed by atoms with Gasteiger partial charge in [-0.05, 0) is 29.6 Å². The first kappa shape index (κ1) is 18.1. The number of aromatic nitrogens is 1. The topological polar surface area (TPSA) is 56.0 Å². The van der Waals surface area contributed by atoms with Crippen molar-refractivity contribution >= 4 is 49.4 Å². The summed E-state index contributed by atoms with van der Waals surface area (Å²) < 4.78 is 54.1. The van der Waals surface area contributed by atoms with Crippen LogP contribution in [-0.4, -0.2) is 9.19 Å². The molecule has 2 N–H and O–H groups in total. The van der Waals surface area contributed by atoms with Gasteiger partial charge in [-0.15, -0.1) is 22.7 Å². The molecule has 0 aliphatic carbocycles. The van der Waals surface area contributed by atoms with Gasteiger partial charge in [-0.25, -0.2) is 9.19 Å². The Bertz CT molecular complexity index is 1140. The van der Waals surface area contributed by atoms with E-state index >= 15 is 0 Å². The van der Waals surface area contributed by atoms with Crippen molar-refractivity contribution in [3.63, 3.8) is 0 Å². The Morgan fingerprint density at radius 1 is 1.07 bits per heavy atom. The number of hydrogen-bond donors (Lipinski definition) is 1. The Labute approximate surface area is 162 Å². The normalized spacial score (nSPS) is 13.1. The Hall–Kier alpha value is -2.23. The number of hydrogen-bond acceptors (Lipinski definition) is 5. The molecule has 0 amide bonds. The number of nitrogens with two attached hydrogens (primary N) is 1. The molecule has 1 atom stereocenters. The molecule has 27 heavy (non-hydrogen) atoms. The van der Waals surface area contributed by atoms with Gasteiger partial charge in [0.05, 0.1) is 32.6 Å². The van der Waals surface area contributed by atoms with Gasteiger partial charge in [0.2, 0.25) is 0 Å². The molecule has 0 saturated carbocycles. The van der Waals surface area contributed by atoms with Crippen LogP contribution in [0.15, 0.2) is 63.0 Å². The largest absolute Gasteiger partial charge is 0.417 e. The van der Waals surface area contributed by atoms with E-state index in [1.807, 2.05) is 0 Å². The number of pyridine rings is 1. The van der Waals surface area contributed by atoms with Crippen LogP contribution < -0.4 is 5.73 Å². The lowest BCUT2D eigenvalue weighted by Gasteiger charge is -2.10. The van der Waals surface area contributed by atoms with Crippen molar-refractivity contribution in [2.75, 3.05) is 5.73 Å². The second-order valence-electron chi connectivity index (χ2n) is 5.60. The standard InChI is InChI=1S/C18H11F3N2OS3/c19-18(20,21)11-9-12(13-7-4-8-25-13)23-16-14(11)15(22)17(26-16)27(24)10-5-2-1-3-6-10/h1-9H,22H2/t27-/m1/s1. The van der Waals surface area contributed by atoms with E-state index in [2.05, 4.69) is 4.98 Å². The van der Waals surface area contributed by atoms with E-state index in [1.54, 1.807) is 47.8 Å². The summed E-state index contributed by atoms with van der Waals surface area (Å²) in [6.45, 7) is 0. The predicted octanol–water partition coefficient (Wildman–Crippen LogP) is 5.79. The zero-order valence-corrected chi connectivity index (χ0v) is 15.9. The second kappa shape index (κ2) is 6.74. The van der Waals surface area contributed by atoms with Crippen LogP contribution in [0, 0.1) is 0 Å². The molecule has 9 heteroatoms. The maximum Gasteiger partial charge on any atom is 0.417 e. The minimum absolute atomic E-state index is 0.130. The van der Waals surface area contributed by atoms with Gasteiger partial charge in [0.25, 0.3) is 0 Å². The van der Waals surface area contributed by atoms with Gasteiger partial charge in [-0.3, -0.25) is 0 Å². The van der Waals surface area contributed by atoms with Crippen LogP contribution >= 0.6 is 22.7 Å². The summed E-state index contributed by atoms with van der Waals surface area (Å²) in [4.78, 5) is 5.59. The molecular weight excluding hydrogens is 413 g/mol. The van der Waals surface area contributed by atoms with Crippen molar-refractivity contribution in [1.29, 1.82) is 0 Å². The third-order valence-corrected chi connectivity index (χ3v) is 7.62. The molecule has 3 heterocycles. The SMILES string of the molecule is Nc1c([S@](=O)c2ccccc2)sc2nc(-c3cccs3)cc(C(F)(F)F)c12. The molecule has 0 aliphatic rings. The highest BCUT2D eigenvalue weighted by Gasteiger charge is 2.36. The first-order chi connectivity index (χ1) is 12.9. The monoisotopic (exact) mass is 424 g/mol. The van der Waals surface area contributed by atoms with Crippen LogP contribution in [-0.2, 0) is 17.0 Å². The Morgan fingerprint density at radius 3 is 2.44 bits per heavy atom. The van der Waals surface area contributed by atoms with E-state index in [1.165, 1.54) is 11.3 Å². The third kappa shape index (κ3) is 3.26. The van der Waals surface area contributed by atoms with E-state index in [9.17, 15) is 17.4 Å². The van der Waals surface area contributed by atoms with E-state index < -0.39 is 22.5 Å². The molecule has 3 aromatic heterocycles. The summed E-state index contributed by atoms with van der Waals surface area (Å²) in [6, 6.07) is 13.0. The molecule has 4 aromatic rings. The van der Waals surface area contributed by atoms with Crippen LogP contribution in [0.3, 0.4) is 0 Å². The number of fused-ring (bicyclic) bond motifs is 1. The average Bonchev–Trinajstić information content (AvgIpc) is 3.29. The fourth-order valence-corrected chi connectivity index (χ4v) is 5.95. The minimum Gasteiger partial charge on any atom is -0.396 e. The number of rotatable bonds is 3. The summed E-state index contributed by atoms with van der Waals surface area (Å²) in [5.74, 6) is 0. The number of anilines is 1. The molecular formula is C18H11F3N2OS3. The highest BCUT2D eigenvalue weighted by Crippen LogP contribution is 2.45. The predicted molar refractivity (Wildman–Crippen MR) is 103 cm³/mol. The summed E-state index contributed by atoms with van der Waals surface area (Å²) >= 11 is 2.24. The summed E-state index contributed by atoms with van der Waals surface area (Å²) in [7, 11) is -1.68. The Morgan fingerprint density at radius 2 is 1.81 bits per heavy atom. The lowest BCUT2D eigenvalue weighted by Crippen LogP contribution is -2.07. The van der Waals surface area contributed by atoms with E-state index in [0.717, 1.165) is 17.4 Å². The first-order valence-electron chi connectivity index (χ1n) is 7.67. The quantitative estimate of drug-likeness (QED) is 0.453. The zero-order valence-electron chi connectivity index (χ0n) is 13.5. The number of nitrogens with zero attached hydrogens (tertiary/aromatic N) is 1. The summed E-state index contributed by atoms with van der Waals surface area (Å²) in [6.07, 6.45) is -4.60. The van der Waals surface area contributed by atoms with Gasteiger partial charge in [0.1, 0.15) is 9.04 Å². The third-order valence-electron chi connectivity index (χ3n) is 3.87.